The highest BCUT2D eigenvalue weighted by molar-refractivity contribution is 7.89. The van der Waals surface area contributed by atoms with Crippen LogP contribution in [-0.2, 0) is 10.0 Å². The van der Waals surface area contributed by atoms with Crippen molar-refractivity contribution in [3.63, 3.8) is 0 Å². The van der Waals surface area contributed by atoms with Crippen molar-refractivity contribution in [2.24, 2.45) is 0 Å². The van der Waals surface area contributed by atoms with Crippen LogP contribution in [0.3, 0.4) is 0 Å². The number of hydrogen-bond donors (Lipinski definition) is 0. The highest BCUT2D eigenvalue weighted by Gasteiger charge is 2.22. The molecule has 0 N–H and O–H groups in total. The summed E-state index contributed by atoms with van der Waals surface area (Å²) < 4.78 is 26.4. The van der Waals surface area contributed by atoms with Crippen LogP contribution in [0, 0.1) is 0 Å². The van der Waals surface area contributed by atoms with Gasteiger partial charge in [0.1, 0.15) is 5.15 Å². The number of halogens is 1. The first-order valence-corrected chi connectivity index (χ1v) is 7.98. The Kier molecular flexibility index (Phi) is 4.42. The summed E-state index contributed by atoms with van der Waals surface area (Å²) in [6.07, 6.45) is 1.57. The molecular weight excluding hydrogens is 296 g/mol. The first kappa shape index (κ1) is 15.0. The molecule has 20 heavy (non-hydrogen) atoms. The number of nitrogens with zero attached hydrogens (tertiary/aromatic N) is 2. The lowest BCUT2D eigenvalue weighted by atomic mass is 10.2. The lowest BCUT2D eigenvalue weighted by Gasteiger charge is -2.18. The summed E-state index contributed by atoms with van der Waals surface area (Å²) >= 11 is 5.81. The van der Waals surface area contributed by atoms with Gasteiger partial charge in [-0.3, -0.25) is 0 Å². The number of likely N-dealkylation sites (N-methyl/N-ethyl adjacent to an activating group) is 1. The number of pyridine rings is 1. The van der Waals surface area contributed by atoms with E-state index in [-0.39, 0.29) is 11.4 Å². The molecule has 6 heteroatoms. The molecule has 0 aliphatic heterocycles. The van der Waals surface area contributed by atoms with Crippen LogP contribution in [0.15, 0.2) is 47.9 Å². The molecule has 0 spiro atoms. The van der Waals surface area contributed by atoms with Crippen LogP contribution < -0.4 is 0 Å². The van der Waals surface area contributed by atoms with Crippen LogP contribution in [-0.4, -0.2) is 30.8 Å². The van der Waals surface area contributed by atoms with E-state index in [0.29, 0.717) is 17.2 Å². The van der Waals surface area contributed by atoms with Gasteiger partial charge in [-0.2, -0.15) is 4.31 Å². The lowest BCUT2D eigenvalue weighted by Crippen LogP contribution is -2.30. The van der Waals surface area contributed by atoms with Gasteiger partial charge < -0.3 is 0 Å². The Bertz CT molecular complexity index is 744. The van der Waals surface area contributed by atoms with Gasteiger partial charge in [0.15, 0.2) is 0 Å². The highest BCUT2D eigenvalue weighted by Crippen LogP contribution is 2.22. The third-order valence-electron chi connectivity index (χ3n) is 2.95. The van der Waals surface area contributed by atoms with Gasteiger partial charge in [0.2, 0.25) is 10.0 Å². The summed E-state index contributed by atoms with van der Waals surface area (Å²) in [6.45, 7) is 6.06. The van der Waals surface area contributed by atoms with Crippen molar-refractivity contribution in [3.8, 4) is 0 Å². The van der Waals surface area contributed by atoms with E-state index in [9.17, 15) is 8.42 Å². The van der Waals surface area contributed by atoms with Crippen LogP contribution in [0.4, 0.5) is 0 Å². The summed E-state index contributed by atoms with van der Waals surface area (Å²) in [5.41, 5.74) is 0.670. The number of sulfonamides is 1. The molecular formula is C14H15ClN2O2S. The van der Waals surface area contributed by atoms with Crippen LogP contribution in [0.2, 0.25) is 5.15 Å². The van der Waals surface area contributed by atoms with Crippen LogP contribution in [0.5, 0.6) is 0 Å². The monoisotopic (exact) mass is 310 g/mol. The number of benzene rings is 1. The average Bonchev–Trinajstić information content (AvgIpc) is 2.43. The van der Waals surface area contributed by atoms with Crippen molar-refractivity contribution < 1.29 is 8.42 Å². The smallest absolute Gasteiger partial charge is 0.236 e. The Hall–Kier alpha value is -1.43. The summed E-state index contributed by atoms with van der Waals surface area (Å²) in [5, 5.41) is 1.13. The van der Waals surface area contributed by atoms with Gasteiger partial charge in [0, 0.05) is 18.5 Å². The van der Waals surface area contributed by atoms with Gasteiger partial charge in [-0.15, -0.1) is 6.58 Å². The van der Waals surface area contributed by atoms with Crippen LogP contribution >= 0.6 is 11.6 Å². The molecule has 2 rings (SSSR count). The summed E-state index contributed by atoms with van der Waals surface area (Å²) in [7, 11) is -3.51. The molecule has 1 heterocycles. The van der Waals surface area contributed by atoms with Crippen molar-refractivity contribution in [2.75, 3.05) is 13.1 Å². The molecule has 1 aromatic carbocycles. The zero-order valence-electron chi connectivity index (χ0n) is 11.1. The van der Waals surface area contributed by atoms with Gasteiger partial charge in [-0.25, -0.2) is 13.4 Å². The number of fused-ring (bicyclic) bond motifs is 1. The quantitative estimate of drug-likeness (QED) is 0.630. The number of rotatable bonds is 5. The molecule has 0 aliphatic rings. The molecule has 0 unspecified atom stereocenters. The summed E-state index contributed by atoms with van der Waals surface area (Å²) in [6, 6.07) is 8.22. The predicted octanol–water partition coefficient (Wildman–Crippen LogP) is 3.08. The second-order valence-electron chi connectivity index (χ2n) is 4.23. The van der Waals surface area contributed by atoms with Crippen molar-refractivity contribution in [1.29, 1.82) is 0 Å². The zero-order valence-corrected chi connectivity index (χ0v) is 12.7. The molecule has 0 atom stereocenters. The van der Waals surface area contributed by atoms with Crippen LogP contribution in [0.1, 0.15) is 6.92 Å². The van der Waals surface area contributed by atoms with Crippen molar-refractivity contribution in [3.05, 3.63) is 48.1 Å². The minimum absolute atomic E-state index is 0.248. The van der Waals surface area contributed by atoms with Gasteiger partial charge in [-0.05, 0) is 30.3 Å². The summed E-state index contributed by atoms with van der Waals surface area (Å²) in [5.74, 6) is 0. The Morgan fingerprint density at radius 3 is 2.75 bits per heavy atom. The van der Waals surface area contributed by atoms with E-state index >= 15 is 0 Å². The standard InChI is InChI=1S/C14H15ClN2O2S/c1-3-9-17(4-2)20(18,19)12-6-7-13-11(10-12)5-8-14(15)16-13/h3,5-8,10H,1,4,9H2,2H3. The fraction of sp³-hybridized carbons (Fsp3) is 0.214. The SMILES string of the molecule is C=CCN(CC)S(=O)(=O)c1ccc2nc(Cl)ccc2c1. The van der Waals surface area contributed by atoms with E-state index in [4.69, 9.17) is 11.6 Å². The van der Waals surface area contributed by atoms with E-state index in [2.05, 4.69) is 11.6 Å². The molecule has 0 bridgehead atoms. The maximum Gasteiger partial charge on any atom is 0.243 e. The van der Waals surface area contributed by atoms with Gasteiger partial charge in [-0.1, -0.05) is 24.6 Å². The maximum atomic E-state index is 12.5. The molecule has 4 nitrogen and oxygen atoms in total. The third-order valence-corrected chi connectivity index (χ3v) is 5.10. The van der Waals surface area contributed by atoms with Crippen molar-refractivity contribution >= 4 is 32.5 Å². The van der Waals surface area contributed by atoms with Gasteiger partial charge in [0.25, 0.3) is 0 Å². The third kappa shape index (κ3) is 2.85. The van der Waals surface area contributed by atoms with Crippen LogP contribution in [0.25, 0.3) is 10.9 Å². The number of hydrogen-bond acceptors (Lipinski definition) is 3. The highest BCUT2D eigenvalue weighted by atomic mass is 35.5. The Morgan fingerprint density at radius 1 is 1.35 bits per heavy atom. The largest absolute Gasteiger partial charge is 0.243 e. The molecule has 0 radical (unpaired) electrons. The normalized spacial score (nSPS) is 11.9. The molecule has 106 valence electrons. The first-order valence-electron chi connectivity index (χ1n) is 6.16. The molecule has 2 aromatic rings. The summed E-state index contributed by atoms with van der Waals surface area (Å²) in [4.78, 5) is 4.39. The van der Waals surface area contributed by atoms with Crippen molar-refractivity contribution in [2.45, 2.75) is 11.8 Å². The minimum atomic E-state index is -3.51. The predicted molar refractivity (Wildman–Crippen MR) is 81.4 cm³/mol. The average molecular weight is 311 g/mol. The maximum absolute atomic E-state index is 12.5. The van der Waals surface area contributed by atoms with E-state index in [1.165, 1.54) is 4.31 Å². The molecule has 0 saturated carbocycles. The fourth-order valence-corrected chi connectivity index (χ4v) is 3.54. The lowest BCUT2D eigenvalue weighted by molar-refractivity contribution is 0.460. The van der Waals surface area contributed by atoms with E-state index in [1.807, 2.05) is 0 Å². The molecule has 0 fully saturated rings. The van der Waals surface area contributed by atoms with Gasteiger partial charge >= 0.3 is 0 Å². The molecule has 0 amide bonds. The first-order chi connectivity index (χ1) is 9.48. The van der Waals surface area contributed by atoms with Crippen molar-refractivity contribution in [1.82, 2.24) is 9.29 Å². The molecule has 0 saturated heterocycles. The Balaban J connectivity index is 2.51. The van der Waals surface area contributed by atoms with E-state index < -0.39 is 10.0 Å². The van der Waals surface area contributed by atoms with E-state index in [0.717, 1.165) is 5.39 Å². The zero-order chi connectivity index (χ0) is 14.8. The topological polar surface area (TPSA) is 50.3 Å². The second kappa shape index (κ2) is 5.91. The fourth-order valence-electron chi connectivity index (χ4n) is 1.93. The minimum Gasteiger partial charge on any atom is -0.236 e. The van der Waals surface area contributed by atoms with Gasteiger partial charge in [0.05, 0.1) is 10.4 Å². The molecule has 0 aliphatic carbocycles. The second-order valence-corrected chi connectivity index (χ2v) is 6.56. The van der Waals surface area contributed by atoms with E-state index in [1.54, 1.807) is 43.3 Å². The Morgan fingerprint density at radius 2 is 2.10 bits per heavy atom. The number of aromatic nitrogens is 1. The Labute approximate surface area is 123 Å². The molecule has 1 aromatic heterocycles.